The molecule has 1 aliphatic heterocycles. The minimum atomic E-state index is -0.499. The van der Waals surface area contributed by atoms with E-state index in [9.17, 15) is 9.18 Å². The second-order valence-corrected chi connectivity index (χ2v) is 6.92. The molecule has 0 saturated carbocycles. The van der Waals surface area contributed by atoms with Gasteiger partial charge in [-0.05, 0) is 55.8 Å². The van der Waals surface area contributed by atoms with E-state index in [0.29, 0.717) is 24.9 Å². The van der Waals surface area contributed by atoms with Crippen molar-refractivity contribution in [2.45, 2.75) is 32.8 Å². The van der Waals surface area contributed by atoms with E-state index in [1.54, 1.807) is 23.4 Å². The van der Waals surface area contributed by atoms with Gasteiger partial charge in [-0.2, -0.15) is 0 Å². The molecule has 0 aliphatic carbocycles. The summed E-state index contributed by atoms with van der Waals surface area (Å²) in [6, 6.07) is 5.10. The Labute approximate surface area is 140 Å². The molecule has 0 N–H and O–H groups in total. The molecule has 0 radical (unpaired) electrons. The number of hydrogen-bond donors (Lipinski definition) is 0. The van der Waals surface area contributed by atoms with Crippen molar-refractivity contribution in [2.24, 2.45) is 0 Å². The number of pyridine rings is 1. The number of aromatic nitrogens is 1. The highest BCUT2D eigenvalue weighted by atomic mass is 19.1. The van der Waals surface area contributed by atoms with Crippen molar-refractivity contribution in [2.75, 3.05) is 13.1 Å². The quantitative estimate of drug-likeness (QED) is 0.779. The molecule has 1 aromatic carbocycles. The average Bonchev–Trinajstić information content (AvgIpc) is 2.54. The fraction of sp³-hybridized carbons (Fsp3) is 0.368. The summed E-state index contributed by atoms with van der Waals surface area (Å²) in [4.78, 5) is 17.8. The highest BCUT2D eigenvalue weighted by molar-refractivity contribution is 5.94. The van der Waals surface area contributed by atoms with Crippen LogP contribution in [0.5, 0.6) is 0 Å². The number of carbonyl (C=O) groups excluding carboxylic acids is 1. The molecule has 3 rings (SSSR count). The minimum absolute atomic E-state index is 0.270. The Balaban J connectivity index is 1.84. The van der Waals surface area contributed by atoms with E-state index in [4.69, 9.17) is 4.74 Å². The molecular weight excluding hydrogens is 307 g/mol. The molecule has 0 bridgehead atoms. The van der Waals surface area contributed by atoms with Gasteiger partial charge in [0.2, 0.25) is 0 Å². The number of carbonyl (C=O) groups is 1. The summed E-state index contributed by atoms with van der Waals surface area (Å²) >= 11 is 0. The smallest absolute Gasteiger partial charge is 0.410 e. The molecule has 1 amide bonds. The molecule has 24 heavy (non-hydrogen) atoms. The van der Waals surface area contributed by atoms with Gasteiger partial charge in [0.1, 0.15) is 11.4 Å². The molecule has 1 aliphatic rings. The van der Waals surface area contributed by atoms with Crippen molar-refractivity contribution in [1.82, 2.24) is 9.88 Å². The zero-order chi connectivity index (χ0) is 17.3. The predicted octanol–water partition coefficient (Wildman–Crippen LogP) is 4.40. The molecule has 0 atom stereocenters. The van der Waals surface area contributed by atoms with Crippen LogP contribution in [0.3, 0.4) is 0 Å². The summed E-state index contributed by atoms with van der Waals surface area (Å²) in [5, 5.41) is 1.37. The van der Waals surface area contributed by atoms with Crippen LogP contribution < -0.4 is 0 Å². The monoisotopic (exact) mass is 328 g/mol. The van der Waals surface area contributed by atoms with Crippen molar-refractivity contribution in [3.05, 3.63) is 48.0 Å². The van der Waals surface area contributed by atoms with Crippen LogP contribution in [-0.4, -0.2) is 34.7 Å². The lowest BCUT2D eigenvalue weighted by Crippen LogP contribution is -2.39. The zero-order valence-electron chi connectivity index (χ0n) is 14.2. The lowest BCUT2D eigenvalue weighted by atomic mass is 9.95. The topological polar surface area (TPSA) is 42.4 Å². The van der Waals surface area contributed by atoms with Crippen LogP contribution in [0.25, 0.3) is 16.3 Å². The third-order valence-electron chi connectivity index (χ3n) is 3.97. The summed E-state index contributed by atoms with van der Waals surface area (Å²) in [5.74, 6) is -0.270. The molecule has 1 aromatic heterocycles. The van der Waals surface area contributed by atoms with Crippen LogP contribution in [0.2, 0.25) is 0 Å². The number of hydrogen-bond acceptors (Lipinski definition) is 3. The van der Waals surface area contributed by atoms with Gasteiger partial charge in [-0.15, -0.1) is 0 Å². The summed E-state index contributed by atoms with van der Waals surface area (Å²) < 4.78 is 19.3. The van der Waals surface area contributed by atoms with Crippen LogP contribution in [0.1, 0.15) is 32.8 Å². The fourth-order valence-electron chi connectivity index (χ4n) is 2.84. The Hall–Kier alpha value is -2.43. The highest BCUT2D eigenvalue weighted by Crippen LogP contribution is 2.30. The van der Waals surface area contributed by atoms with E-state index in [2.05, 4.69) is 4.98 Å². The number of nitrogens with zero attached hydrogens (tertiary/aromatic N) is 2. The average molecular weight is 328 g/mol. The number of amides is 1. The van der Waals surface area contributed by atoms with E-state index in [1.807, 2.05) is 32.9 Å². The van der Waals surface area contributed by atoms with Gasteiger partial charge in [0.05, 0.1) is 0 Å². The van der Waals surface area contributed by atoms with E-state index < -0.39 is 5.60 Å². The molecule has 2 aromatic rings. The van der Waals surface area contributed by atoms with Crippen molar-refractivity contribution in [3.63, 3.8) is 0 Å². The maximum atomic E-state index is 13.9. The molecule has 0 spiro atoms. The predicted molar refractivity (Wildman–Crippen MR) is 92.1 cm³/mol. The normalized spacial score (nSPS) is 15.3. The third-order valence-corrected chi connectivity index (χ3v) is 3.97. The zero-order valence-corrected chi connectivity index (χ0v) is 14.2. The van der Waals surface area contributed by atoms with Gasteiger partial charge in [0.25, 0.3) is 0 Å². The number of halogens is 1. The second-order valence-electron chi connectivity index (χ2n) is 6.92. The molecule has 5 heteroatoms. The van der Waals surface area contributed by atoms with Gasteiger partial charge in [-0.25, -0.2) is 9.18 Å². The molecular formula is C19H21FN2O2. The van der Waals surface area contributed by atoms with Crippen molar-refractivity contribution in [3.8, 4) is 0 Å². The summed E-state index contributed by atoms with van der Waals surface area (Å²) in [7, 11) is 0. The molecule has 126 valence electrons. The molecule has 0 saturated heterocycles. The maximum absolute atomic E-state index is 13.9. The molecule has 2 heterocycles. The summed E-state index contributed by atoms with van der Waals surface area (Å²) in [5.41, 5.74) is 1.62. The number of fused-ring (bicyclic) bond motifs is 1. The summed E-state index contributed by atoms with van der Waals surface area (Å²) in [6.07, 6.45) is 5.64. The third kappa shape index (κ3) is 3.40. The Morgan fingerprint density at radius 2 is 2.04 bits per heavy atom. The number of ether oxygens (including phenoxy) is 1. The fourth-order valence-corrected chi connectivity index (χ4v) is 2.84. The largest absolute Gasteiger partial charge is 0.444 e. The molecule has 4 nitrogen and oxygen atoms in total. The van der Waals surface area contributed by atoms with Crippen LogP contribution in [-0.2, 0) is 4.74 Å². The number of benzene rings is 1. The SMILES string of the molecule is CC(C)(C)OC(=O)N1CC=C(c2ccc(F)c3cnccc23)CC1. The second kappa shape index (κ2) is 6.23. The Morgan fingerprint density at radius 3 is 2.71 bits per heavy atom. The van der Waals surface area contributed by atoms with E-state index in [0.717, 1.165) is 16.5 Å². The van der Waals surface area contributed by atoms with Crippen LogP contribution >= 0.6 is 0 Å². The first-order valence-corrected chi connectivity index (χ1v) is 8.05. The standard InChI is InChI=1S/C19H21FN2O2/c1-19(2,3)24-18(23)22-10-7-13(8-11-22)14-4-5-17(20)16-12-21-9-6-15(14)16/h4-7,9,12H,8,10-11H2,1-3H3. The van der Waals surface area contributed by atoms with Crippen molar-refractivity contribution >= 4 is 22.4 Å². The first-order valence-electron chi connectivity index (χ1n) is 8.05. The Kier molecular flexibility index (Phi) is 4.26. The van der Waals surface area contributed by atoms with Crippen LogP contribution in [0.4, 0.5) is 9.18 Å². The van der Waals surface area contributed by atoms with E-state index >= 15 is 0 Å². The number of rotatable bonds is 1. The van der Waals surface area contributed by atoms with Gasteiger partial charge in [0, 0.05) is 30.9 Å². The lowest BCUT2D eigenvalue weighted by Gasteiger charge is -2.29. The van der Waals surface area contributed by atoms with Gasteiger partial charge < -0.3 is 9.64 Å². The van der Waals surface area contributed by atoms with Gasteiger partial charge >= 0.3 is 6.09 Å². The van der Waals surface area contributed by atoms with E-state index in [-0.39, 0.29) is 11.9 Å². The van der Waals surface area contributed by atoms with Crippen molar-refractivity contribution in [1.29, 1.82) is 0 Å². The Morgan fingerprint density at radius 1 is 1.25 bits per heavy atom. The lowest BCUT2D eigenvalue weighted by molar-refractivity contribution is 0.0270. The first kappa shape index (κ1) is 16.4. The van der Waals surface area contributed by atoms with Crippen LogP contribution in [0.15, 0.2) is 36.7 Å². The van der Waals surface area contributed by atoms with Gasteiger partial charge in [0.15, 0.2) is 0 Å². The minimum Gasteiger partial charge on any atom is -0.444 e. The van der Waals surface area contributed by atoms with Crippen LogP contribution in [0, 0.1) is 5.82 Å². The highest BCUT2D eigenvalue weighted by Gasteiger charge is 2.24. The van der Waals surface area contributed by atoms with E-state index in [1.165, 1.54) is 6.07 Å². The summed E-state index contributed by atoms with van der Waals surface area (Å²) in [6.45, 7) is 6.65. The first-order chi connectivity index (χ1) is 11.3. The molecule has 0 unspecified atom stereocenters. The van der Waals surface area contributed by atoms with Crippen molar-refractivity contribution < 1.29 is 13.9 Å². The maximum Gasteiger partial charge on any atom is 0.410 e. The molecule has 0 fully saturated rings. The van der Waals surface area contributed by atoms with Gasteiger partial charge in [-0.1, -0.05) is 12.1 Å². The van der Waals surface area contributed by atoms with Gasteiger partial charge in [-0.3, -0.25) is 4.98 Å². The Bertz CT molecular complexity index is 809.